The van der Waals surface area contributed by atoms with Gasteiger partial charge in [0, 0.05) is 4.43 Å². The Balaban J connectivity index is 3.02. The maximum Gasteiger partial charge on any atom is 0.160 e. The van der Waals surface area contributed by atoms with E-state index in [4.69, 9.17) is 4.74 Å². The first-order chi connectivity index (χ1) is 5.27. The molecule has 0 aliphatic carbocycles. The summed E-state index contributed by atoms with van der Waals surface area (Å²) in [7, 11) is 1.55. The van der Waals surface area contributed by atoms with Crippen molar-refractivity contribution in [2.24, 2.45) is 0 Å². The Morgan fingerprint density at radius 1 is 1.55 bits per heavy atom. The number of ether oxygens (including phenoxy) is 1. The van der Waals surface area contributed by atoms with Crippen LogP contribution in [0.15, 0.2) is 18.2 Å². The number of phenolic OH excluding ortho intramolecular Hbond substituents is 1. The molecule has 3 heteroatoms. The maximum absolute atomic E-state index is 9.20. The number of hydrogen-bond acceptors (Lipinski definition) is 2. The summed E-state index contributed by atoms with van der Waals surface area (Å²) >= 11 is 2.26. The summed E-state index contributed by atoms with van der Waals surface area (Å²) in [6, 6.07) is 5.36. The van der Waals surface area contributed by atoms with Crippen molar-refractivity contribution in [3.05, 3.63) is 23.8 Å². The standard InChI is InChI=1S/C8H9IO2/c1-11-8-4-6(5-9)2-3-7(8)10/h2-4,10H,5H2,1H3. The molecule has 1 aromatic rings. The molecule has 0 fully saturated rings. The molecule has 0 spiro atoms. The molecule has 2 nitrogen and oxygen atoms in total. The number of aromatic hydroxyl groups is 1. The molecule has 0 atom stereocenters. The van der Waals surface area contributed by atoms with Gasteiger partial charge in [0.05, 0.1) is 7.11 Å². The molecule has 11 heavy (non-hydrogen) atoms. The van der Waals surface area contributed by atoms with Crippen molar-refractivity contribution < 1.29 is 9.84 Å². The van der Waals surface area contributed by atoms with Crippen LogP contribution in [0.25, 0.3) is 0 Å². The lowest BCUT2D eigenvalue weighted by Crippen LogP contribution is -1.85. The highest BCUT2D eigenvalue weighted by Crippen LogP contribution is 2.26. The molecule has 1 rings (SSSR count). The third kappa shape index (κ3) is 1.99. The van der Waals surface area contributed by atoms with Crippen molar-refractivity contribution in [1.29, 1.82) is 0 Å². The van der Waals surface area contributed by atoms with E-state index in [2.05, 4.69) is 22.6 Å². The second kappa shape index (κ2) is 3.80. The highest BCUT2D eigenvalue weighted by atomic mass is 127. The lowest BCUT2D eigenvalue weighted by atomic mass is 10.2. The predicted octanol–water partition coefficient (Wildman–Crippen LogP) is 2.34. The van der Waals surface area contributed by atoms with Gasteiger partial charge in [0.1, 0.15) is 0 Å². The average Bonchev–Trinajstić information content (AvgIpc) is 2.05. The highest BCUT2D eigenvalue weighted by molar-refractivity contribution is 14.1. The number of alkyl halides is 1. The fraction of sp³-hybridized carbons (Fsp3) is 0.250. The van der Waals surface area contributed by atoms with E-state index in [0.717, 1.165) is 9.99 Å². The average molecular weight is 264 g/mol. The summed E-state index contributed by atoms with van der Waals surface area (Å²) in [6.07, 6.45) is 0. The number of phenols is 1. The van der Waals surface area contributed by atoms with Gasteiger partial charge >= 0.3 is 0 Å². The van der Waals surface area contributed by atoms with E-state index >= 15 is 0 Å². The molecule has 0 radical (unpaired) electrons. The van der Waals surface area contributed by atoms with Gasteiger partial charge < -0.3 is 9.84 Å². The molecule has 1 aromatic carbocycles. The van der Waals surface area contributed by atoms with Crippen LogP contribution in [-0.4, -0.2) is 12.2 Å². The fourth-order valence-electron chi connectivity index (χ4n) is 0.805. The van der Waals surface area contributed by atoms with Crippen molar-refractivity contribution in [3.8, 4) is 11.5 Å². The van der Waals surface area contributed by atoms with Crippen molar-refractivity contribution in [1.82, 2.24) is 0 Å². The smallest absolute Gasteiger partial charge is 0.160 e. The SMILES string of the molecule is COc1cc(CI)ccc1O. The number of rotatable bonds is 2. The van der Waals surface area contributed by atoms with Crippen LogP contribution in [0.4, 0.5) is 0 Å². The fourth-order valence-corrected chi connectivity index (χ4v) is 1.28. The molecule has 0 aliphatic rings. The molecule has 0 aromatic heterocycles. The number of halogens is 1. The summed E-state index contributed by atoms with van der Waals surface area (Å²) in [4.78, 5) is 0. The quantitative estimate of drug-likeness (QED) is 0.656. The Morgan fingerprint density at radius 2 is 2.27 bits per heavy atom. The van der Waals surface area contributed by atoms with E-state index in [1.807, 2.05) is 12.1 Å². The maximum atomic E-state index is 9.20. The zero-order valence-electron chi connectivity index (χ0n) is 6.17. The second-order valence-electron chi connectivity index (χ2n) is 2.14. The van der Waals surface area contributed by atoms with Crippen LogP contribution in [0.3, 0.4) is 0 Å². The minimum absolute atomic E-state index is 0.195. The van der Waals surface area contributed by atoms with Gasteiger partial charge in [0.2, 0.25) is 0 Å². The van der Waals surface area contributed by atoms with Gasteiger partial charge in [0.25, 0.3) is 0 Å². The molecule has 0 amide bonds. The van der Waals surface area contributed by atoms with Crippen LogP contribution >= 0.6 is 22.6 Å². The molecular formula is C8H9IO2. The normalized spacial score (nSPS) is 9.64. The summed E-state index contributed by atoms with van der Waals surface area (Å²) in [5, 5.41) is 9.20. The van der Waals surface area contributed by atoms with Gasteiger partial charge in [-0.15, -0.1) is 0 Å². The summed E-state index contributed by atoms with van der Waals surface area (Å²) in [6.45, 7) is 0. The van der Waals surface area contributed by atoms with Crippen molar-refractivity contribution in [3.63, 3.8) is 0 Å². The molecule has 0 saturated heterocycles. The van der Waals surface area contributed by atoms with Gasteiger partial charge in [0.15, 0.2) is 11.5 Å². The van der Waals surface area contributed by atoms with Crippen LogP contribution in [-0.2, 0) is 4.43 Å². The van der Waals surface area contributed by atoms with Gasteiger partial charge in [-0.3, -0.25) is 0 Å². The third-order valence-electron chi connectivity index (χ3n) is 1.40. The third-order valence-corrected chi connectivity index (χ3v) is 2.28. The Labute approximate surface area is 79.3 Å². The molecule has 60 valence electrons. The second-order valence-corrected chi connectivity index (χ2v) is 2.90. The van der Waals surface area contributed by atoms with E-state index < -0.39 is 0 Å². The lowest BCUT2D eigenvalue weighted by molar-refractivity contribution is 0.373. The molecule has 1 N–H and O–H groups in total. The first-order valence-electron chi connectivity index (χ1n) is 3.19. The summed E-state index contributed by atoms with van der Waals surface area (Å²) < 4.78 is 5.86. The lowest BCUT2D eigenvalue weighted by Gasteiger charge is -2.03. The minimum atomic E-state index is 0.195. The summed E-state index contributed by atoms with van der Waals surface area (Å²) in [5.74, 6) is 0.736. The van der Waals surface area contributed by atoms with Gasteiger partial charge in [-0.05, 0) is 17.7 Å². The predicted molar refractivity (Wildman–Crippen MR) is 52.4 cm³/mol. The van der Waals surface area contributed by atoms with Crippen LogP contribution in [0.2, 0.25) is 0 Å². The van der Waals surface area contributed by atoms with Crippen molar-refractivity contribution in [2.45, 2.75) is 4.43 Å². The molecular weight excluding hydrogens is 255 g/mol. The van der Waals surface area contributed by atoms with E-state index in [1.54, 1.807) is 13.2 Å². The Kier molecular flexibility index (Phi) is 2.99. The number of methoxy groups -OCH3 is 1. The Morgan fingerprint density at radius 3 is 2.82 bits per heavy atom. The van der Waals surface area contributed by atoms with Crippen LogP contribution in [0.1, 0.15) is 5.56 Å². The van der Waals surface area contributed by atoms with Gasteiger partial charge in [-0.2, -0.15) is 0 Å². The zero-order chi connectivity index (χ0) is 8.27. The van der Waals surface area contributed by atoms with Gasteiger partial charge in [-0.1, -0.05) is 28.7 Å². The first-order valence-corrected chi connectivity index (χ1v) is 4.72. The highest BCUT2D eigenvalue weighted by Gasteiger charge is 2.00. The summed E-state index contributed by atoms with van der Waals surface area (Å²) in [5.41, 5.74) is 1.15. The topological polar surface area (TPSA) is 29.5 Å². The monoisotopic (exact) mass is 264 g/mol. The van der Waals surface area contributed by atoms with Crippen LogP contribution in [0.5, 0.6) is 11.5 Å². The molecule has 0 bridgehead atoms. The zero-order valence-corrected chi connectivity index (χ0v) is 8.33. The largest absolute Gasteiger partial charge is 0.504 e. The first kappa shape index (κ1) is 8.64. The Hall–Kier alpha value is -0.450. The van der Waals surface area contributed by atoms with Crippen molar-refractivity contribution >= 4 is 22.6 Å². The number of benzene rings is 1. The van der Waals surface area contributed by atoms with Crippen LogP contribution < -0.4 is 4.74 Å². The van der Waals surface area contributed by atoms with E-state index in [0.29, 0.717) is 5.75 Å². The van der Waals surface area contributed by atoms with E-state index in [-0.39, 0.29) is 5.75 Å². The van der Waals surface area contributed by atoms with E-state index in [1.165, 1.54) is 0 Å². The molecule has 0 unspecified atom stereocenters. The Bertz CT molecular complexity index is 248. The van der Waals surface area contributed by atoms with E-state index in [9.17, 15) is 5.11 Å². The van der Waals surface area contributed by atoms with Crippen molar-refractivity contribution in [2.75, 3.05) is 7.11 Å². The molecule has 0 saturated carbocycles. The minimum Gasteiger partial charge on any atom is -0.504 e. The molecule has 0 heterocycles. The van der Waals surface area contributed by atoms with Crippen LogP contribution in [0, 0.1) is 0 Å². The number of hydrogen-bond donors (Lipinski definition) is 1. The van der Waals surface area contributed by atoms with Gasteiger partial charge in [-0.25, -0.2) is 0 Å². The molecule has 0 aliphatic heterocycles.